The summed E-state index contributed by atoms with van der Waals surface area (Å²) in [6.07, 6.45) is 4.47. The minimum Gasteiger partial charge on any atom is -0.464 e. The maximum absolute atomic E-state index is 16.9. The van der Waals surface area contributed by atoms with Crippen molar-refractivity contribution in [2.24, 2.45) is 11.8 Å². The zero-order valence-electron chi connectivity index (χ0n) is 38.9. The maximum Gasteiger partial charge on any atom is 0.407 e. The number of rotatable bonds is 11. The molecule has 0 bridgehead atoms. The molecule has 3 aliphatic heterocycles. The van der Waals surface area contributed by atoms with Crippen LogP contribution in [0.2, 0.25) is 0 Å². The predicted octanol–water partition coefficient (Wildman–Crippen LogP) is 8.93. The van der Waals surface area contributed by atoms with Crippen LogP contribution in [0.15, 0.2) is 54.9 Å². The Morgan fingerprint density at radius 2 is 1.36 bits per heavy atom. The number of halogens is 1. The van der Waals surface area contributed by atoms with Crippen LogP contribution in [0.5, 0.6) is 5.75 Å². The number of hydrogen-bond acceptors (Lipinski definition) is 10. The van der Waals surface area contributed by atoms with Gasteiger partial charge in [0.2, 0.25) is 18.0 Å². The van der Waals surface area contributed by atoms with Gasteiger partial charge in [0, 0.05) is 34.5 Å². The molecule has 0 spiro atoms. The number of carbonyl (C=O) groups is 4. The van der Waals surface area contributed by atoms with Crippen LogP contribution in [-0.4, -0.2) is 97.7 Å². The van der Waals surface area contributed by atoms with Gasteiger partial charge in [-0.05, 0) is 93.3 Å². The van der Waals surface area contributed by atoms with Crippen molar-refractivity contribution >= 4 is 46.2 Å². The van der Waals surface area contributed by atoms with E-state index in [0.29, 0.717) is 59.4 Å². The number of methoxy groups -OCH3 is 2. The van der Waals surface area contributed by atoms with E-state index in [9.17, 15) is 19.2 Å². The summed E-state index contributed by atoms with van der Waals surface area (Å²) in [6.45, 7) is 12.7. The molecule has 67 heavy (non-hydrogen) atoms. The fourth-order valence-corrected chi connectivity index (χ4v) is 10.8. The quantitative estimate of drug-likeness (QED) is 0.0983. The Morgan fingerprint density at radius 1 is 0.791 bits per heavy atom. The molecule has 4 N–H and O–H groups in total. The highest BCUT2D eigenvalue weighted by Gasteiger charge is 2.40. The number of likely N-dealkylation sites (tertiary alicyclic amines) is 2. The first kappa shape index (κ1) is 45.5. The van der Waals surface area contributed by atoms with Crippen LogP contribution in [0.4, 0.5) is 14.0 Å². The molecule has 2 unspecified atom stereocenters. The number of fused-ring (bicyclic) bond motifs is 5. The van der Waals surface area contributed by atoms with Crippen LogP contribution in [0.1, 0.15) is 98.7 Å². The van der Waals surface area contributed by atoms with E-state index in [1.807, 2.05) is 52.0 Å². The minimum absolute atomic E-state index is 0.151. The van der Waals surface area contributed by atoms with Crippen molar-refractivity contribution in [3.8, 4) is 39.5 Å². The number of imidazole rings is 2. The zero-order valence-corrected chi connectivity index (χ0v) is 39.7. The van der Waals surface area contributed by atoms with E-state index in [0.717, 1.165) is 56.7 Å². The lowest BCUT2D eigenvalue weighted by atomic mass is 10.0. The van der Waals surface area contributed by atoms with Crippen LogP contribution < -0.4 is 15.4 Å². The highest BCUT2D eigenvalue weighted by Crippen LogP contribution is 2.48. The van der Waals surface area contributed by atoms with Crippen molar-refractivity contribution in [2.75, 3.05) is 27.3 Å². The number of ether oxygens (including phenoxy) is 3. The molecule has 9 rings (SSSR count). The second-order valence-electron chi connectivity index (χ2n) is 18.3. The predicted molar refractivity (Wildman–Crippen MR) is 251 cm³/mol. The lowest BCUT2D eigenvalue weighted by Crippen LogP contribution is -2.51. The number of benzene rings is 2. The maximum atomic E-state index is 16.9. The second kappa shape index (κ2) is 18.2. The molecule has 3 aliphatic rings. The number of carbonyl (C=O) groups excluding carboxylic acids is 4. The number of thiophene rings is 1. The SMILES string of the molecule is COC(=O)NC(C(=O)N1CCC[C@H]1c1ncc(-c2ccc3c(c2)cc2n3C(c3cc(C)c(C)s3)Oc3cc(-c4cnc([C@@H]5CCCN5C(=O)[C@@H](NC(=O)OC)C(C)C)[nH]4)cc(F)c3-2)[nH]1)C(C)C. The molecular weight excluding hydrogens is 878 g/mol. The molecule has 0 aliphatic carbocycles. The summed E-state index contributed by atoms with van der Waals surface area (Å²) >= 11 is 1.64. The third-order valence-corrected chi connectivity index (χ3v) is 14.5. The lowest BCUT2D eigenvalue weighted by Gasteiger charge is -2.30. The Hall–Kier alpha value is -6.69. The molecule has 0 radical (unpaired) electrons. The smallest absolute Gasteiger partial charge is 0.407 e. The van der Waals surface area contributed by atoms with Gasteiger partial charge in [-0.3, -0.25) is 14.2 Å². The van der Waals surface area contributed by atoms with Crippen LogP contribution in [-0.2, 0) is 19.1 Å². The van der Waals surface area contributed by atoms with E-state index in [1.165, 1.54) is 20.3 Å². The first-order valence-corrected chi connectivity index (χ1v) is 23.6. The molecule has 5 atom stereocenters. The normalized spacial score (nSPS) is 18.8. The van der Waals surface area contributed by atoms with Gasteiger partial charge in [-0.25, -0.2) is 23.9 Å². The Labute approximate surface area is 391 Å². The summed E-state index contributed by atoms with van der Waals surface area (Å²) < 4.78 is 35.4. The van der Waals surface area contributed by atoms with Crippen molar-refractivity contribution in [3.63, 3.8) is 0 Å². The van der Waals surface area contributed by atoms with E-state index in [1.54, 1.807) is 33.5 Å². The topological polar surface area (TPSA) is 189 Å². The molecule has 2 fully saturated rings. The molecule has 18 heteroatoms. The van der Waals surface area contributed by atoms with Crippen molar-refractivity contribution in [2.45, 2.75) is 97.6 Å². The van der Waals surface area contributed by atoms with Crippen molar-refractivity contribution < 1.29 is 37.8 Å². The highest BCUT2D eigenvalue weighted by molar-refractivity contribution is 7.12. The van der Waals surface area contributed by atoms with Gasteiger partial charge in [0.15, 0.2) is 0 Å². The average molecular weight is 934 g/mol. The van der Waals surface area contributed by atoms with Crippen LogP contribution in [0, 0.1) is 31.5 Å². The number of nitrogens with one attached hydrogen (secondary N) is 4. The summed E-state index contributed by atoms with van der Waals surface area (Å²) in [7, 11) is 2.55. The Morgan fingerprint density at radius 3 is 1.88 bits per heavy atom. The summed E-state index contributed by atoms with van der Waals surface area (Å²) in [6, 6.07) is 11.4. The Bertz CT molecular complexity index is 2860. The van der Waals surface area contributed by atoms with Crippen LogP contribution in [0.25, 0.3) is 44.7 Å². The van der Waals surface area contributed by atoms with Crippen molar-refractivity contribution in [3.05, 3.63) is 87.6 Å². The largest absolute Gasteiger partial charge is 0.464 e. The van der Waals surface area contributed by atoms with Gasteiger partial charge < -0.3 is 44.6 Å². The van der Waals surface area contributed by atoms with Crippen molar-refractivity contribution in [1.82, 2.24) is 44.9 Å². The number of aromatic amines is 2. The summed E-state index contributed by atoms with van der Waals surface area (Å²) in [5.74, 6) is 0.432. The first-order chi connectivity index (χ1) is 32.1. The Balaban J connectivity index is 1.03. The van der Waals surface area contributed by atoms with Crippen LogP contribution >= 0.6 is 11.3 Å². The van der Waals surface area contributed by atoms with Gasteiger partial charge in [-0.1, -0.05) is 33.8 Å². The number of aromatic nitrogens is 5. The van der Waals surface area contributed by atoms with Gasteiger partial charge in [0.05, 0.1) is 71.7 Å². The fourth-order valence-electron chi connectivity index (χ4n) is 9.70. The molecule has 6 aromatic rings. The number of aryl methyl sites for hydroxylation is 2. The highest BCUT2D eigenvalue weighted by atomic mass is 32.1. The van der Waals surface area contributed by atoms with Gasteiger partial charge in [0.25, 0.3) is 0 Å². The van der Waals surface area contributed by atoms with E-state index >= 15 is 4.39 Å². The van der Waals surface area contributed by atoms with Gasteiger partial charge in [-0.15, -0.1) is 11.3 Å². The van der Waals surface area contributed by atoms with Gasteiger partial charge in [-0.2, -0.15) is 0 Å². The molecular formula is C49H56FN9O7S. The molecule has 2 aromatic carbocycles. The van der Waals surface area contributed by atoms with Gasteiger partial charge >= 0.3 is 12.2 Å². The van der Waals surface area contributed by atoms with E-state index in [-0.39, 0.29) is 35.7 Å². The molecule has 2 saturated heterocycles. The summed E-state index contributed by atoms with van der Waals surface area (Å²) in [4.78, 5) is 73.8. The van der Waals surface area contributed by atoms with E-state index < -0.39 is 36.3 Å². The Kier molecular flexibility index (Phi) is 12.3. The average Bonchev–Trinajstić information content (AvgIpc) is 4.18. The molecule has 16 nitrogen and oxygen atoms in total. The first-order valence-electron chi connectivity index (χ1n) is 22.8. The number of hydrogen-bond donors (Lipinski definition) is 4. The second-order valence-corrected chi connectivity index (χ2v) is 19.6. The zero-order chi connectivity index (χ0) is 47.4. The standard InChI is InChI=1S/C49H56FN9O7S/c1-24(2)41(55-48(62)64-7)45(60)57-15-9-11-35(57)43-51-22-32(53-43)28-13-14-34-30(18-28)20-37-40-31(50)19-29(21-38(40)66-47(59(34)37)39-17-26(5)27(6)67-39)33-23-52-44(54-33)36-12-10-16-58(36)46(61)42(25(3)4)56-49(63)65-8/h13-14,17-25,35-36,41-42,47H,9-12,15-16H2,1-8H3,(H,51,53)(H,52,54)(H,55,62)(H,56,63)/t35-,36-,41?,42-,47?/m0/s1. The van der Waals surface area contributed by atoms with Crippen molar-refractivity contribution in [1.29, 1.82) is 0 Å². The summed E-state index contributed by atoms with van der Waals surface area (Å²) in [5, 5.41) is 6.26. The monoisotopic (exact) mass is 933 g/mol. The number of amides is 4. The molecule has 4 aromatic heterocycles. The lowest BCUT2D eigenvalue weighted by molar-refractivity contribution is -0.136. The van der Waals surface area contributed by atoms with E-state index in [4.69, 9.17) is 24.2 Å². The molecule has 4 amide bonds. The third kappa shape index (κ3) is 8.40. The van der Waals surface area contributed by atoms with E-state index in [2.05, 4.69) is 51.1 Å². The molecule has 0 saturated carbocycles. The number of alkyl carbamates (subject to hydrolysis) is 2. The fraction of sp³-hybridized carbons (Fsp3) is 0.429. The molecule has 7 heterocycles. The number of H-pyrrole nitrogens is 2. The number of nitrogens with zero attached hydrogens (tertiary/aromatic N) is 5. The third-order valence-electron chi connectivity index (χ3n) is 13.3. The minimum atomic E-state index is -0.770. The molecule has 352 valence electrons. The summed E-state index contributed by atoms with van der Waals surface area (Å²) in [5.41, 5.74) is 5.75. The van der Waals surface area contributed by atoms with Crippen LogP contribution in [0.3, 0.4) is 0 Å². The van der Waals surface area contributed by atoms with Gasteiger partial charge in [0.1, 0.15) is 35.3 Å².